The van der Waals surface area contributed by atoms with Gasteiger partial charge in [-0.2, -0.15) is 0 Å². The Balaban J connectivity index is -0.0000000457. The lowest BCUT2D eigenvalue weighted by Gasteiger charge is -1.80. The second kappa shape index (κ2) is 29.6. The van der Waals surface area contributed by atoms with Crippen LogP contribution in [0.4, 0.5) is 0 Å². The molecule has 0 heterocycles. The van der Waals surface area contributed by atoms with Crippen LogP contribution in [0.3, 0.4) is 0 Å². The van der Waals surface area contributed by atoms with Gasteiger partial charge in [-0.1, -0.05) is 26.7 Å². The fraction of sp³-hybridized carbons (Fsp3) is 1.00. The van der Waals surface area contributed by atoms with Crippen molar-refractivity contribution in [1.82, 2.24) is 0 Å². The third kappa shape index (κ3) is 43.4. The van der Waals surface area contributed by atoms with Gasteiger partial charge in [-0.15, -0.1) is 41.0 Å². The van der Waals surface area contributed by atoms with E-state index < -0.39 is 0 Å². The van der Waals surface area contributed by atoms with E-state index in [4.69, 9.17) is 11.5 Å². The first-order valence-electron chi connectivity index (χ1n) is 4.23. The molecule has 0 aromatic rings. The van der Waals surface area contributed by atoms with Crippen molar-refractivity contribution in [2.45, 2.75) is 39.5 Å². The topological polar surface area (TPSA) is 52.0 Å². The Kier molecular flexibility index (Phi) is 57.1. The minimum absolute atomic E-state index is 0. The third-order valence-electron chi connectivity index (χ3n) is 1.12. The maximum atomic E-state index is 5.14. The van der Waals surface area contributed by atoms with E-state index in [2.05, 4.69) is 13.8 Å². The van der Waals surface area contributed by atoms with E-state index in [1.54, 1.807) is 0 Å². The summed E-state index contributed by atoms with van der Waals surface area (Å²) in [5.74, 6) is 0. The van der Waals surface area contributed by atoms with Crippen molar-refractivity contribution < 1.29 is 0 Å². The minimum atomic E-state index is 0. The van der Waals surface area contributed by atoms with Crippen LogP contribution in [0, 0.1) is 0 Å². The lowest BCUT2D eigenvalue weighted by Crippen LogP contribution is -1.95. The summed E-state index contributed by atoms with van der Waals surface area (Å²) in [5, 5.41) is 0. The van der Waals surface area contributed by atoms with Crippen LogP contribution in [-0.2, 0) is 0 Å². The first kappa shape index (κ1) is 23.2. The van der Waals surface area contributed by atoms with Gasteiger partial charge in [0.05, 0.1) is 0 Å². The van der Waals surface area contributed by atoms with E-state index in [1.165, 1.54) is 25.7 Å². The third-order valence-corrected chi connectivity index (χ3v) is 1.12. The molecule has 0 unspecified atom stereocenters. The molecule has 0 fully saturated rings. The molecule has 0 aliphatic carbocycles. The van der Waals surface area contributed by atoms with Crippen molar-refractivity contribution in [1.29, 1.82) is 0 Å². The van der Waals surface area contributed by atoms with Crippen molar-refractivity contribution in [3.05, 3.63) is 0 Å². The highest BCUT2D eigenvalue weighted by atomic mass is 127. The molecule has 0 bridgehead atoms. The molecular formula is C8H24BrIN2. The van der Waals surface area contributed by atoms with Crippen LogP contribution in [0.1, 0.15) is 39.5 Å². The van der Waals surface area contributed by atoms with Gasteiger partial charge in [0, 0.05) is 0 Å². The SMILES string of the molecule is Br.CCCCN.CCCCN.I. The fourth-order valence-corrected chi connectivity index (χ4v) is 0.408. The minimum Gasteiger partial charge on any atom is -0.330 e. The largest absolute Gasteiger partial charge is 0.330 e. The zero-order valence-electron chi connectivity index (χ0n) is 8.21. The average molecular weight is 355 g/mol. The summed E-state index contributed by atoms with van der Waals surface area (Å²) in [6.07, 6.45) is 4.77. The van der Waals surface area contributed by atoms with E-state index in [0.717, 1.165) is 13.1 Å². The number of hydrogen-bond donors (Lipinski definition) is 2. The Morgan fingerprint density at radius 2 is 1.08 bits per heavy atom. The first-order chi connectivity index (χ1) is 4.83. The van der Waals surface area contributed by atoms with Crippen molar-refractivity contribution in [2.75, 3.05) is 13.1 Å². The summed E-state index contributed by atoms with van der Waals surface area (Å²) in [5.41, 5.74) is 10.3. The van der Waals surface area contributed by atoms with Crippen molar-refractivity contribution in [3.63, 3.8) is 0 Å². The highest BCUT2D eigenvalue weighted by molar-refractivity contribution is 14.0. The molecule has 0 amide bonds. The van der Waals surface area contributed by atoms with Gasteiger partial charge in [0.15, 0.2) is 0 Å². The molecule has 0 aliphatic heterocycles. The van der Waals surface area contributed by atoms with Gasteiger partial charge in [-0.3, -0.25) is 0 Å². The number of rotatable bonds is 4. The molecule has 4 N–H and O–H groups in total. The van der Waals surface area contributed by atoms with Gasteiger partial charge >= 0.3 is 0 Å². The summed E-state index contributed by atoms with van der Waals surface area (Å²) in [4.78, 5) is 0. The van der Waals surface area contributed by atoms with E-state index in [0.29, 0.717) is 0 Å². The highest BCUT2D eigenvalue weighted by Gasteiger charge is 1.68. The fourth-order valence-electron chi connectivity index (χ4n) is 0.408. The van der Waals surface area contributed by atoms with Crippen LogP contribution in [0.2, 0.25) is 0 Å². The van der Waals surface area contributed by atoms with Gasteiger partial charge in [-0.05, 0) is 25.9 Å². The molecule has 80 valence electrons. The van der Waals surface area contributed by atoms with Crippen LogP contribution >= 0.6 is 41.0 Å². The Bertz CT molecular complexity index is 38.0. The predicted molar refractivity (Wildman–Crippen MR) is 73.7 cm³/mol. The maximum absolute atomic E-state index is 5.14. The van der Waals surface area contributed by atoms with Crippen molar-refractivity contribution >= 4 is 41.0 Å². The highest BCUT2D eigenvalue weighted by Crippen LogP contribution is 1.77. The van der Waals surface area contributed by atoms with Gasteiger partial charge < -0.3 is 11.5 Å². The second-order valence-electron chi connectivity index (χ2n) is 2.28. The Hall–Kier alpha value is 1.13. The Morgan fingerprint density at radius 1 is 0.833 bits per heavy atom. The molecule has 0 aromatic heterocycles. The van der Waals surface area contributed by atoms with Gasteiger partial charge in [0.1, 0.15) is 0 Å². The van der Waals surface area contributed by atoms with E-state index >= 15 is 0 Å². The van der Waals surface area contributed by atoms with Gasteiger partial charge in [-0.25, -0.2) is 0 Å². The molecule has 4 heteroatoms. The van der Waals surface area contributed by atoms with Gasteiger partial charge in [0.25, 0.3) is 0 Å². The summed E-state index contributed by atoms with van der Waals surface area (Å²) in [6, 6.07) is 0. The molecule has 12 heavy (non-hydrogen) atoms. The van der Waals surface area contributed by atoms with Crippen LogP contribution < -0.4 is 11.5 Å². The summed E-state index contributed by atoms with van der Waals surface area (Å²) < 4.78 is 0. The van der Waals surface area contributed by atoms with E-state index in [1.807, 2.05) is 0 Å². The quantitative estimate of drug-likeness (QED) is 0.762. The molecule has 0 spiro atoms. The molecule has 0 rings (SSSR count). The van der Waals surface area contributed by atoms with Crippen LogP contribution in [0.25, 0.3) is 0 Å². The normalized spacial score (nSPS) is 7.00. The molecule has 0 saturated carbocycles. The molecule has 0 aromatic carbocycles. The maximum Gasteiger partial charge on any atom is -0.00774 e. The lowest BCUT2D eigenvalue weighted by molar-refractivity contribution is 0.807. The van der Waals surface area contributed by atoms with Gasteiger partial charge in [0.2, 0.25) is 0 Å². The summed E-state index contributed by atoms with van der Waals surface area (Å²) in [6.45, 7) is 5.95. The van der Waals surface area contributed by atoms with E-state index in [-0.39, 0.29) is 41.0 Å². The molecule has 0 aliphatic rings. The summed E-state index contributed by atoms with van der Waals surface area (Å²) >= 11 is 0. The van der Waals surface area contributed by atoms with E-state index in [9.17, 15) is 0 Å². The lowest BCUT2D eigenvalue weighted by atomic mass is 10.3. The monoisotopic (exact) mass is 354 g/mol. The second-order valence-corrected chi connectivity index (χ2v) is 2.28. The molecule has 2 nitrogen and oxygen atoms in total. The van der Waals surface area contributed by atoms with Crippen LogP contribution in [0.5, 0.6) is 0 Å². The molecule has 0 radical (unpaired) electrons. The van der Waals surface area contributed by atoms with Crippen LogP contribution in [0.15, 0.2) is 0 Å². The zero-order chi connectivity index (χ0) is 8.24. The predicted octanol–water partition coefficient (Wildman–Crippen LogP) is 2.69. The standard InChI is InChI=1S/2C4H11N.BrH.HI/c2*1-2-3-4-5;;/h2*2-5H2,1H3;2*1H. The van der Waals surface area contributed by atoms with Crippen molar-refractivity contribution in [3.8, 4) is 0 Å². The molecule has 0 saturated heterocycles. The number of halogens is 2. The number of hydrogen-bond acceptors (Lipinski definition) is 2. The molecule has 0 atom stereocenters. The smallest absolute Gasteiger partial charge is 0.00774 e. The number of nitrogens with two attached hydrogens (primary N) is 2. The average Bonchev–Trinajstić information content (AvgIpc) is 1.93. The summed E-state index contributed by atoms with van der Waals surface area (Å²) in [7, 11) is 0. The zero-order valence-corrected chi connectivity index (χ0v) is 12.3. The first-order valence-corrected chi connectivity index (χ1v) is 4.23. The Labute approximate surface area is 105 Å². The molecular weight excluding hydrogens is 331 g/mol. The van der Waals surface area contributed by atoms with Crippen LogP contribution in [-0.4, -0.2) is 13.1 Å². The number of unbranched alkanes of at least 4 members (excludes halogenated alkanes) is 2. The van der Waals surface area contributed by atoms with Crippen molar-refractivity contribution in [2.24, 2.45) is 11.5 Å². The Morgan fingerprint density at radius 3 is 1.08 bits per heavy atom.